The maximum absolute atomic E-state index is 5.22. The predicted octanol–water partition coefficient (Wildman–Crippen LogP) is 2.25. The summed E-state index contributed by atoms with van der Waals surface area (Å²) in [5.74, 6) is 1.61. The third-order valence-corrected chi connectivity index (χ3v) is 2.78. The van der Waals surface area contributed by atoms with Gasteiger partial charge in [0.05, 0.1) is 11.6 Å². The third-order valence-electron chi connectivity index (χ3n) is 2.12. The highest BCUT2D eigenvalue weighted by molar-refractivity contribution is 9.10. The molecule has 0 saturated heterocycles. The maximum Gasteiger partial charge on any atom is 0.163 e. The number of benzene rings is 1. The summed E-state index contributed by atoms with van der Waals surface area (Å²) in [5, 5.41) is 7.87. The lowest BCUT2D eigenvalue weighted by atomic mass is 10.2. The highest BCUT2D eigenvalue weighted by Gasteiger charge is 2.07. The lowest BCUT2D eigenvalue weighted by Gasteiger charge is -2.05. The number of rotatable bonds is 2. The van der Waals surface area contributed by atoms with Gasteiger partial charge >= 0.3 is 0 Å². The van der Waals surface area contributed by atoms with Gasteiger partial charge in [0.1, 0.15) is 12.1 Å². The molecule has 0 bridgehead atoms. The molecule has 0 fully saturated rings. The first kappa shape index (κ1) is 10.2. The Hall–Kier alpha value is -1.36. The van der Waals surface area contributed by atoms with Crippen LogP contribution in [0.5, 0.6) is 5.75 Å². The molecule has 15 heavy (non-hydrogen) atoms. The Labute approximate surface area is 96.0 Å². The van der Waals surface area contributed by atoms with E-state index in [0.29, 0.717) is 0 Å². The van der Waals surface area contributed by atoms with Crippen LogP contribution in [0.4, 0.5) is 0 Å². The van der Waals surface area contributed by atoms with Crippen LogP contribution in [0.15, 0.2) is 29.0 Å². The van der Waals surface area contributed by atoms with Crippen LogP contribution in [0, 0.1) is 0 Å². The van der Waals surface area contributed by atoms with Gasteiger partial charge in [-0.25, -0.2) is 0 Å². The normalized spacial score (nSPS) is 10.3. The van der Waals surface area contributed by atoms with Crippen molar-refractivity contribution < 1.29 is 4.74 Å². The Morgan fingerprint density at radius 1 is 1.40 bits per heavy atom. The van der Waals surface area contributed by atoms with E-state index in [2.05, 4.69) is 26.1 Å². The number of methoxy groups -OCH3 is 1. The van der Waals surface area contributed by atoms with Gasteiger partial charge in [-0.1, -0.05) is 0 Å². The van der Waals surface area contributed by atoms with E-state index in [0.717, 1.165) is 21.6 Å². The van der Waals surface area contributed by atoms with Crippen LogP contribution < -0.4 is 4.74 Å². The molecule has 0 aliphatic rings. The zero-order valence-electron chi connectivity index (χ0n) is 8.44. The molecule has 0 atom stereocenters. The van der Waals surface area contributed by atoms with Gasteiger partial charge in [0.2, 0.25) is 0 Å². The number of aryl methyl sites for hydroxylation is 1. The lowest BCUT2D eigenvalue weighted by Crippen LogP contribution is -1.92. The van der Waals surface area contributed by atoms with E-state index in [1.165, 1.54) is 0 Å². The molecule has 2 aromatic rings. The summed E-state index contributed by atoms with van der Waals surface area (Å²) < 4.78 is 8.01. The largest absolute Gasteiger partial charge is 0.496 e. The molecule has 0 aliphatic carbocycles. The van der Waals surface area contributed by atoms with Gasteiger partial charge in [-0.3, -0.25) is 0 Å². The van der Waals surface area contributed by atoms with E-state index in [-0.39, 0.29) is 0 Å². The molecule has 4 nitrogen and oxygen atoms in total. The van der Waals surface area contributed by atoms with Crippen LogP contribution >= 0.6 is 15.9 Å². The summed E-state index contributed by atoms with van der Waals surface area (Å²) in [5.41, 5.74) is 0.982. The Kier molecular flexibility index (Phi) is 2.73. The summed E-state index contributed by atoms with van der Waals surface area (Å²) in [4.78, 5) is 0. The molecule has 1 heterocycles. The molecule has 78 valence electrons. The van der Waals surface area contributed by atoms with E-state index < -0.39 is 0 Å². The van der Waals surface area contributed by atoms with Gasteiger partial charge in [0.15, 0.2) is 5.82 Å². The van der Waals surface area contributed by atoms with E-state index in [9.17, 15) is 0 Å². The average molecular weight is 268 g/mol. The second-order valence-corrected chi connectivity index (χ2v) is 3.97. The fourth-order valence-electron chi connectivity index (χ4n) is 1.34. The number of hydrogen-bond acceptors (Lipinski definition) is 3. The molecule has 0 spiro atoms. The van der Waals surface area contributed by atoms with Crippen molar-refractivity contribution in [2.75, 3.05) is 7.11 Å². The summed E-state index contributed by atoms with van der Waals surface area (Å²) in [7, 11) is 3.55. The van der Waals surface area contributed by atoms with Crippen molar-refractivity contribution in [1.82, 2.24) is 14.8 Å². The molecular weight excluding hydrogens is 258 g/mol. The molecule has 1 aromatic heterocycles. The minimum absolute atomic E-state index is 0.788. The molecule has 2 rings (SSSR count). The quantitative estimate of drug-likeness (QED) is 0.838. The highest BCUT2D eigenvalue weighted by Crippen LogP contribution is 2.29. The third kappa shape index (κ3) is 1.87. The first-order chi connectivity index (χ1) is 7.22. The van der Waals surface area contributed by atoms with Gasteiger partial charge < -0.3 is 9.30 Å². The van der Waals surface area contributed by atoms with E-state index >= 15 is 0 Å². The van der Waals surface area contributed by atoms with Crippen molar-refractivity contribution in [3.8, 4) is 17.1 Å². The number of aromatic nitrogens is 3. The molecule has 1 aromatic carbocycles. The van der Waals surface area contributed by atoms with E-state index in [1.807, 2.05) is 29.8 Å². The Bertz CT molecular complexity index is 481. The summed E-state index contributed by atoms with van der Waals surface area (Å²) in [6.45, 7) is 0. The van der Waals surface area contributed by atoms with Gasteiger partial charge in [0, 0.05) is 12.6 Å². The van der Waals surface area contributed by atoms with Crippen LogP contribution in [0.2, 0.25) is 0 Å². The monoisotopic (exact) mass is 267 g/mol. The van der Waals surface area contributed by atoms with E-state index in [4.69, 9.17) is 4.74 Å². The molecule has 0 amide bonds. The smallest absolute Gasteiger partial charge is 0.163 e. The number of hydrogen-bond donors (Lipinski definition) is 0. The van der Waals surface area contributed by atoms with Gasteiger partial charge in [0.25, 0.3) is 0 Å². The second-order valence-electron chi connectivity index (χ2n) is 3.11. The molecule has 0 N–H and O–H groups in total. The van der Waals surface area contributed by atoms with Crippen LogP contribution in [0.25, 0.3) is 11.4 Å². The molecule has 0 saturated carbocycles. The van der Waals surface area contributed by atoms with Crippen molar-refractivity contribution in [3.63, 3.8) is 0 Å². The number of halogens is 1. The molecular formula is C10H10BrN3O. The van der Waals surface area contributed by atoms with Gasteiger partial charge in [-0.05, 0) is 34.1 Å². The zero-order chi connectivity index (χ0) is 10.8. The molecule has 0 unspecified atom stereocenters. The van der Waals surface area contributed by atoms with Crippen molar-refractivity contribution in [2.45, 2.75) is 0 Å². The predicted molar refractivity (Wildman–Crippen MR) is 60.7 cm³/mol. The summed E-state index contributed by atoms with van der Waals surface area (Å²) >= 11 is 3.40. The highest BCUT2D eigenvalue weighted by atomic mass is 79.9. The summed E-state index contributed by atoms with van der Waals surface area (Å²) in [6, 6.07) is 5.83. The van der Waals surface area contributed by atoms with Crippen LogP contribution in [0.3, 0.4) is 0 Å². The minimum atomic E-state index is 0.788. The molecule has 0 aliphatic heterocycles. The first-order valence-corrected chi connectivity index (χ1v) is 5.19. The van der Waals surface area contributed by atoms with E-state index in [1.54, 1.807) is 13.4 Å². The van der Waals surface area contributed by atoms with Crippen LogP contribution in [-0.4, -0.2) is 21.9 Å². The topological polar surface area (TPSA) is 39.9 Å². The van der Waals surface area contributed by atoms with Crippen molar-refractivity contribution in [3.05, 3.63) is 29.0 Å². The Morgan fingerprint density at radius 3 is 2.80 bits per heavy atom. The van der Waals surface area contributed by atoms with Crippen molar-refractivity contribution in [1.29, 1.82) is 0 Å². The Morgan fingerprint density at radius 2 is 2.20 bits per heavy atom. The first-order valence-electron chi connectivity index (χ1n) is 4.40. The fraction of sp³-hybridized carbons (Fsp3) is 0.200. The molecule has 0 radical (unpaired) electrons. The maximum atomic E-state index is 5.22. The van der Waals surface area contributed by atoms with Crippen LogP contribution in [0.1, 0.15) is 0 Å². The van der Waals surface area contributed by atoms with Gasteiger partial charge in [-0.2, -0.15) is 0 Å². The number of ether oxygens (including phenoxy) is 1. The lowest BCUT2D eigenvalue weighted by molar-refractivity contribution is 0.412. The SMILES string of the molecule is COc1cc(-c2nncn2C)ccc1Br. The number of nitrogens with zero attached hydrogens (tertiary/aromatic N) is 3. The standard InChI is InChI=1S/C10H10BrN3O/c1-14-6-12-13-10(14)7-3-4-8(11)9(5-7)15-2/h3-6H,1-2H3. The zero-order valence-corrected chi connectivity index (χ0v) is 10.0. The molecule has 5 heteroatoms. The van der Waals surface area contributed by atoms with Crippen molar-refractivity contribution in [2.24, 2.45) is 7.05 Å². The summed E-state index contributed by atoms with van der Waals surface area (Å²) in [6.07, 6.45) is 1.67. The fourth-order valence-corrected chi connectivity index (χ4v) is 1.75. The Balaban J connectivity index is 2.51. The van der Waals surface area contributed by atoms with Crippen molar-refractivity contribution >= 4 is 15.9 Å². The minimum Gasteiger partial charge on any atom is -0.496 e. The van der Waals surface area contributed by atoms with Crippen LogP contribution in [-0.2, 0) is 7.05 Å². The van der Waals surface area contributed by atoms with Gasteiger partial charge in [-0.15, -0.1) is 10.2 Å². The second kappa shape index (κ2) is 4.02. The average Bonchev–Trinajstić information content (AvgIpc) is 2.65.